The number of benzene rings is 1. The largest absolute Gasteiger partial charge is 0.448 e. The van der Waals surface area contributed by atoms with Crippen molar-refractivity contribution in [2.45, 2.75) is 78.2 Å². The minimum absolute atomic E-state index is 0.135. The van der Waals surface area contributed by atoms with Gasteiger partial charge in [-0.1, -0.05) is 11.6 Å². The number of amides is 1. The Kier molecular flexibility index (Phi) is 5.68. The highest BCUT2D eigenvalue weighted by Gasteiger charge is 2.48. The predicted octanol–water partition coefficient (Wildman–Crippen LogP) is 4.16. The number of nitrogens with two attached hydrogens (primary N) is 1. The van der Waals surface area contributed by atoms with E-state index in [2.05, 4.69) is 4.98 Å². The molecule has 3 N–H and O–H groups in total. The monoisotopic (exact) mass is 485 g/mol. The molecular formula is C26H32ClN3O4. The number of aryl methyl sites for hydroxylation is 2. The fourth-order valence-electron chi connectivity index (χ4n) is 5.76. The SMILES string of the molecule is Cc1cc(C)c(CN2CCc3c(Cl)c4c(c(C)c3C2=O)OC(C)(C2CCC(N)CC2)O4)c(=O)[nH]1. The molecule has 3 heterocycles. The van der Waals surface area contributed by atoms with E-state index in [1.807, 2.05) is 33.8 Å². The van der Waals surface area contributed by atoms with Gasteiger partial charge in [-0.25, -0.2) is 0 Å². The van der Waals surface area contributed by atoms with Crippen molar-refractivity contribution in [3.05, 3.63) is 55.0 Å². The first-order chi connectivity index (χ1) is 16.1. The van der Waals surface area contributed by atoms with Gasteiger partial charge in [0.25, 0.3) is 17.3 Å². The summed E-state index contributed by atoms with van der Waals surface area (Å²) >= 11 is 6.82. The molecule has 34 heavy (non-hydrogen) atoms. The second-order valence-corrected chi connectivity index (χ2v) is 10.6. The molecule has 2 aliphatic heterocycles. The van der Waals surface area contributed by atoms with E-state index in [-0.39, 0.29) is 30.0 Å². The Labute approximate surface area is 204 Å². The van der Waals surface area contributed by atoms with Crippen molar-refractivity contribution < 1.29 is 14.3 Å². The van der Waals surface area contributed by atoms with Crippen LogP contribution in [0.3, 0.4) is 0 Å². The third kappa shape index (κ3) is 3.69. The molecule has 0 spiro atoms. The Bertz CT molecular complexity index is 1230. The number of pyridine rings is 1. The molecule has 1 unspecified atom stereocenters. The van der Waals surface area contributed by atoms with E-state index in [0.29, 0.717) is 40.6 Å². The van der Waals surface area contributed by atoms with Gasteiger partial charge in [0.1, 0.15) is 0 Å². The number of ether oxygens (including phenoxy) is 2. The van der Waals surface area contributed by atoms with Gasteiger partial charge in [0.15, 0.2) is 11.5 Å². The minimum atomic E-state index is -0.824. The summed E-state index contributed by atoms with van der Waals surface area (Å²) in [5, 5.41) is 0.462. The molecule has 1 aromatic heterocycles. The van der Waals surface area contributed by atoms with Crippen LogP contribution in [0.1, 0.15) is 70.9 Å². The Hall–Kier alpha value is -2.51. The van der Waals surface area contributed by atoms with Gasteiger partial charge in [0.2, 0.25) is 0 Å². The molecule has 1 fully saturated rings. The van der Waals surface area contributed by atoms with Gasteiger partial charge >= 0.3 is 0 Å². The second-order valence-electron chi connectivity index (χ2n) is 10.2. The Balaban J connectivity index is 1.47. The Morgan fingerprint density at radius 2 is 1.82 bits per heavy atom. The van der Waals surface area contributed by atoms with Crippen LogP contribution < -0.4 is 20.8 Å². The van der Waals surface area contributed by atoms with E-state index >= 15 is 0 Å². The first-order valence-corrected chi connectivity index (χ1v) is 12.4. The van der Waals surface area contributed by atoms with Gasteiger partial charge in [-0.3, -0.25) is 9.59 Å². The first kappa shape index (κ1) is 23.2. The van der Waals surface area contributed by atoms with Crippen LogP contribution in [0.4, 0.5) is 0 Å². The van der Waals surface area contributed by atoms with E-state index < -0.39 is 5.79 Å². The van der Waals surface area contributed by atoms with Crippen LogP contribution in [-0.4, -0.2) is 34.2 Å². The van der Waals surface area contributed by atoms with Crippen molar-refractivity contribution in [3.63, 3.8) is 0 Å². The maximum Gasteiger partial charge on any atom is 0.254 e. The summed E-state index contributed by atoms with van der Waals surface area (Å²) in [7, 11) is 0. The lowest BCUT2D eigenvalue weighted by atomic mass is 9.81. The average molecular weight is 486 g/mol. The quantitative estimate of drug-likeness (QED) is 0.680. The summed E-state index contributed by atoms with van der Waals surface area (Å²) in [5.41, 5.74) is 10.3. The van der Waals surface area contributed by atoms with Crippen molar-refractivity contribution >= 4 is 17.5 Å². The van der Waals surface area contributed by atoms with Crippen molar-refractivity contribution in [2.75, 3.05) is 6.54 Å². The molecule has 1 aromatic carbocycles. The number of hydrogen-bond donors (Lipinski definition) is 2. The molecule has 1 saturated carbocycles. The van der Waals surface area contributed by atoms with Crippen LogP contribution in [0.5, 0.6) is 11.5 Å². The highest BCUT2D eigenvalue weighted by atomic mass is 35.5. The van der Waals surface area contributed by atoms with Crippen LogP contribution in [-0.2, 0) is 13.0 Å². The molecule has 8 heteroatoms. The van der Waals surface area contributed by atoms with Gasteiger partial charge in [0.05, 0.1) is 17.1 Å². The summed E-state index contributed by atoms with van der Waals surface area (Å²) in [4.78, 5) is 30.7. The van der Waals surface area contributed by atoms with E-state index in [1.54, 1.807) is 4.90 Å². The number of carbonyl (C=O) groups excluding carboxylic acids is 1. The topological polar surface area (TPSA) is 97.7 Å². The number of aromatic amines is 1. The fraction of sp³-hybridized carbons (Fsp3) is 0.538. The van der Waals surface area contributed by atoms with Crippen LogP contribution in [0.15, 0.2) is 10.9 Å². The zero-order chi connectivity index (χ0) is 24.4. The number of H-pyrrole nitrogens is 1. The molecule has 182 valence electrons. The molecule has 2 aromatic rings. The molecule has 0 bridgehead atoms. The van der Waals surface area contributed by atoms with Crippen molar-refractivity contribution in [3.8, 4) is 11.5 Å². The van der Waals surface area contributed by atoms with E-state index in [9.17, 15) is 9.59 Å². The molecule has 0 radical (unpaired) electrons. The number of nitrogens with one attached hydrogen (secondary N) is 1. The molecule has 1 atom stereocenters. The van der Waals surface area contributed by atoms with Crippen LogP contribution in [0.25, 0.3) is 0 Å². The number of rotatable bonds is 3. The van der Waals surface area contributed by atoms with Crippen LogP contribution in [0.2, 0.25) is 5.02 Å². The zero-order valence-electron chi connectivity index (χ0n) is 20.2. The average Bonchev–Trinajstić information content (AvgIpc) is 3.15. The lowest BCUT2D eigenvalue weighted by Gasteiger charge is -2.36. The predicted molar refractivity (Wildman–Crippen MR) is 131 cm³/mol. The lowest BCUT2D eigenvalue weighted by Crippen LogP contribution is -2.46. The van der Waals surface area contributed by atoms with E-state index in [1.165, 1.54) is 0 Å². The Morgan fingerprint density at radius 3 is 2.50 bits per heavy atom. The number of nitrogens with zero attached hydrogens (tertiary/aromatic N) is 1. The summed E-state index contributed by atoms with van der Waals surface area (Å²) in [5.74, 6) is 0.345. The molecule has 3 aliphatic rings. The zero-order valence-corrected chi connectivity index (χ0v) is 21.0. The number of carbonyl (C=O) groups is 1. The van der Waals surface area contributed by atoms with Gasteiger partial charge in [-0.2, -0.15) is 0 Å². The summed E-state index contributed by atoms with van der Waals surface area (Å²) < 4.78 is 12.8. The molecule has 0 saturated heterocycles. The molecule has 1 aliphatic carbocycles. The number of fused-ring (bicyclic) bond motifs is 2. The number of aromatic nitrogens is 1. The fourth-order valence-corrected chi connectivity index (χ4v) is 6.07. The maximum absolute atomic E-state index is 13.6. The molecule has 1 amide bonds. The highest BCUT2D eigenvalue weighted by Crippen LogP contribution is 2.53. The van der Waals surface area contributed by atoms with E-state index in [4.69, 9.17) is 26.8 Å². The number of halogens is 1. The first-order valence-electron chi connectivity index (χ1n) is 12.1. The van der Waals surface area contributed by atoms with Gasteiger partial charge in [-0.05, 0) is 70.1 Å². The summed E-state index contributed by atoms with van der Waals surface area (Å²) in [6.07, 6.45) is 4.34. The standard InChI is InChI=1S/C26H32ClN3O4/c1-13-11-14(2)29-24(31)19(13)12-30-10-9-18-20(25(30)32)15(3)22-23(21(18)27)34-26(4,33-22)16-5-7-17(28)8-6-16/h11,16-17H,5-10,12,28H2,1-4H3,(H,29,31). The maximum atomic E-state index is 13.6. The van der Waals surface area contributed by atoms with Crippen molar-refractivity contribution in [1.82, 2.24) is 9.88 Å². The second kappa shape index (κ2) is 8.31. The number of hydrogen-bond acceptors (Lipinski definition) is 5. The van der Waals surface area contributed by atoms with Crippen LogP contribution >= 0.6 is 11.6 Å². The normalized spacial score (nSPS) is 26.1. The molecule has 5 rings (SSSR count). The van der Waals surface area contributed by atoms with Crippen molar-refractivity contribution in [1.29, 1.82) is 0 Å². The van der Waals surface area contributed by atoms with Gasteiger partial charge < -0.3 is 25.1 Å². The molecule has 7 nitrogen and oxygen atoms in total. The van der Waals surface area contributed by atoms with Gasteiger partial charge in [0, 0.05) is 42.2 Å². The van der Waals surface area contributed by atoms with Crippen molar-refractivity contribution in [2.24, 2.45) is 11.7 Å². The lowest BCUT2D eigenvalue weighted by molar-refractivity contribution is -0.120. The minimum Gasteiger partial charge on any atom is -0.448 e. The Morgan fingerprint density at radius 1 is 1.15 bits per heavy atom. The summed E-state index contributed by atoms with van der Waals surface area (Å²) in [6, 6.07) is 2.16. The van der Waals surface area contributed by atoms with Gasteiger partial charge in [-0.15, -0.1) is 0 Å². The highest BCUT2D eigenvalue weighted by molar-refractivity contribution is 6.34. The third-order valence-electron chi connectivity index (χ3n) is 7.79. The van der Waals surface area contributed by atoms with Crippen LogP contribution in [0, 0.1) is 26.7 Å². The smallest absolute Gasteiger partial charge is 0.254 e. The summed E-state index contributed by atoms with van der Waals surface area (Å²) in [6.45, 7) is 8.35. The third-order valence-corrected chi connectivity index (χ3v) is 8.19. The van der Waals surface area contributed by atoms with E-state index in [0.717, 1.165) is 48.1 Å². The molecular weight excluding hydrogens is 454 g/mol.